The van der Waals surface area contributed by atoms with Gasteiger partial charge in [-0.3, -0.25) is 4.90 Å². The van der Waals surface area contributed by atoms with Gasteiger partial charge in [-0.05, 0) is 48.1 Å². The monoisotopic (exact) mass is 303 g/mol. The van der Waals surface area contributed by atoms with E-state index in [1.54, 1.807) is 11.3 Å². The fourth-order valence-corrected chi connectivity index (χ4v) is 3.28. The van der Waals surface area contributed by atoms with Gasteiger partial charge in [0.15, 0.2) is 5.76 Å². The second-order valence-electron chi connectivity index (χ2n) is 6.21. The molecule has 0 unspecified atom stereocenters. The minimum absolute atomic E-state index is 0.715. The molecule has 2 aliphatic carbocycles. The Bertz CT molecular complexity index is 572. The quantitative estimate of drug-likeness (QED) is 0.813. The molecular formula is C16H21N3OS. The molecule has 2 heterocycles. The molecule has 0 saturated heterocycles. The van der Waals surface area contributed by atoms with E-state index in [1.165, 1.54) is 31.2 Å². The molecule has 1 N–H and O–H groups in total. The van der Waals surface area contributed by atoms with E-state index in [9.17, 15) is 0 Å². The van der Waals surface area contributed by atoms with E-state index in [4.69, 9.17) is 4.52 Å². The third kappa shape index (κ3) is 3.73. The van der Waals surface area contributed by atoms with E-state index in [0.29, 0.717) is 6.04 Å². The molecule has 0 aromatic carbocycles. The fraction of sp³-hybridized carbons (Fsp3) is 0.562. The highest BCUT2D eigenvalue weighted by molar-refractivity contribution is 7.07. The van der Waals surface area contributed by atoms with Crippen LogP contribution < -0.4 is 5.32 Å². The van der Waals surface area contributed by atoms with Crippen molar-refractivity contribution >= 4 is 11.3 Å². The first-order chi connectivity index (χ1) is 10.4. The molecule has 4 rings (SSSR count). The molecule has 2 aromatic heterocycles. The van der Waals surface area contributed by atoms with Gasteiger partial charge in [0.2, 0.25) is 0 Å². The highest BCUT2D eigenvalue weighted by Crippen LogP contribution is 2.30. The molecule has 0 bridgehead atoms. The predicted molar refractivity (Wildman–Crippen MR) is 83.0 cm³/mol. The molecule has 2 fully saturated rings. The number of aromatic nitrogens is 1. The number of nitrogens with one attached hydrogen (secondary N) is 1. The van der Waals surface area contributed by atoms with Crippen molar-refractivity contribution in [3.8, 4) is 0 Å². The van der Waals surface area contributed by atoms with Crippen LogP contribution in [0, 0.1) is 0 Å². The van der Waals surface area contributed by atoms with Crippen LogP contribution in [0.4, 0.5) is 0 Å². The highest BCUT2D eigenvalue weighted by Gasteiger charge is 2.30. The Morgan fingerprint density at radius 2 is 2.19 bits per heavy atom. The maximum Gasteiger partial charge on any atom is 0.151 e. The Labute approximate surface area is 129 Å². The van der Waals surface area contributed by atoms with Gasteiger partial charge < -0.3 is 9.84 Å². The number of hydrogen-bond donors (Lipinski definition) is 1. The molecule has 4 nitrogen and oxygen atoms in total. The van der Waals surface area contributed by atoms with Crippen molar-refractivity contribution in [1.82, 2.24) is 15.4 Å². The molecular weight excluding hydrogens is 282 g/mol. The Kier molecular flexibility index (Phi) is 3.80. The molecule has 2 aromatic rings. The van der Waals surface area contributed by atoms with Gasteiger partial charge in [-0.15, -0.1) is 0 Å². The van der Waals surface area contributed by atoms with Crippen molar-refractivity contribution < 1.29 is 4.52 Å². The molecule has 0 spiro atoms. The number of rotatable bonds is 8. The van der Waals surface area contributed by atoms with Crippen molar-refractivity contribution in [3.63, 3.8) is 0 Å². The first kappa shape index (κ1) is 13.5. The number of nitrogens with zero attached hydrogens (tertiary/aromatic N) is 2. The smallest absolute Gasteiger partial charge is 0.151 e. The van der Waals surface area contributed by atoms with E-state index >= 15 is 0 Å². The lowest BCUT2D eigenvalue weighted by atomic mass is 10.2. The topological polar surface area (TPSA) is 41.3 Å². The average Bonchev–Trinajstić information content (AvgIpc) is 3.41. The lowest BCUT2D eigenvalue weighted by molar-refractivity contribution is 0.214. The Morgan fingerprint density at radius 1 is 1.29 bits per heavy atom. The van der Waals surface area contributed by atoms with Crippen molar-refractivity contribution in [2.24, 2.45) is 0 Å². The first-order valence-corrected chi connectivity index (χ1v) is 8.74. The third-order valence-electron chi connectivity index (χ3n) is 4.14. The molecule has 21 heavy (non-hydrogen) atoms. The summed E-state index contributed by atoms with van der Waals surface area (Å²) in [6, 6.07) is 5.76. The summed E-state index contributed by atoms with van der Waals surface area (Å²) in [6.45, 7) is 2.73. The fourth-order valence-electron chi connectivity index (χ4n) is 2.62. The molecule has 0 amide bonds. The van der Waals surface area contributed by atoms with Crippen LogP contribution in [-0.4, -0.2) is 22.1 Å². The van der Waals surface area contributed by atoms with E-state index in [0.717, 1.165) is 37.1 Å². The second kappa shape index (κ2) is 5.91. The van der Waals surface area contributed by atoms with Gasteiger partial charge in [0, 0.05) is 31.2 Å². The van der Waals surface area contributed by atoms with E-state index in [-0.39, 0.29) is 0 Å². The Balaban J connectivity index is 1.35. The van der Waals surface area contributed by atoms with Gasteiger partial charge in [0.05, 0.1) is 12.2 Å². The lowest BCUT2D eigenvalue weighted by Crippen LogP contribution is -2.24. The maximum absolute atomic E-state index is 5.52. The van der Waals surface area contributed by atoms with Crippen LogP contribution in [0.1, 0.15) is 42.7 Å². The third-order valence-corrected chi connectivity index (χ3v) is 4.88. The number of hydrogen-bond acceptors (Lipinski definition) is 5. The van der Waals surface area contributed by atoms with Gasteiger partial charge in [-0.1, -0.05) is 5.16 Å². The zero-order valence-corrected chi connectivity index (χ0v) is 12.9. The molecule has 2 aliphatic rings. The second-order valence-corrected chi connectivity index (χ2v) is 6.99. The van der Waals surface area contributed by atoms with Gasteiger partial charge in [0.25, 0.3) is 0 Å². The molecule has 0 atom stereocenters. The van der Waals surface area contributed by atoms with Gasteiger partial charge >= 0.3 is 0 Å². The molecule has 0 aliphatic heterocycles. The maximum atomic E-state index is 5.52. The van der Waals surface area contributed by atoms with E-state index in [2.05, 4.69) is 38.3 Å². The van der Waals surface area contributed by atoms with Crippen molar-refractivity contribution in [3.05, 3.63) is 39.9 Å². The molecule has 0 radical (unpaired) electrons. The van der Waals surface area contributed by atoms with E-state index < -0.39 is 0 Å². The number of thiophene rings is 1. The largest absolute Gasteiger partial charge is 0.360 e. The van der Waals surface area contributed by atoms with Crippen molar-refractivity contribution in [2.75, 3.05) is 0 Å². The zero-order chi connectivity index (χ0) is 14.1. The van der Waals surface area contributed by atoms with Crippen LogP contribution >= 0.6 is 11.3 Å². The normalized spacial score (nSPS) is 18.5. The standard InChI is InChI=1S/C16H21N3OS/c1-2-13(1)17-8-14-7-16(20-18-14)10-19(15-3-4-15)9-12-5-6-21-11-12/h5-7,11,13,15,17H,1-4,8-10H2. The molecule has 112 valence electrons. The first-order valence-electron chi connectivity index (χ1n) is 7.80. The average molecular weight is 303 g/mol. The zero-order valence-electron chi connectivity index (χ0n) is 12.1. The summed E-state index contributed by atoms with van der Waals surface area (Å²) < 4.78 is 5.52. The molecule has 2 saturated carbocycles. The van der Waals surface area contributed by atoms with Crippen molar-refractivity contribution in [1.29, 1.82) is 0 Å². The summed E-state index contributed by atoms with van der Waals surface area (Å²) in [7, 11) is 0. The summed E-state index contributed by atoms with van der Waals surface area (Å²) in [5.74, 6) is 0.990. The lowest BCUT2D eigenvalue weighted by Gasteiger charge is -2.19. The minimum Gasteiger partial charge on any atom is -0.360 e. The van der Waals surface area contributed by atoms with Crippen molar-refractivity contribution in [2.45, 2.75) is 57.4 Å². The van der Waals surface area contributed by atoms with E-state index in [1.807, 2.05) is 0 Å². The van der Waals surface area contributed by atoms with Crippen LogP contribution in [0.2, 0.25) is 0 Å². The summed E-state index contributed by atoms with van der Waals surface area (Å²) >= 11 is 1.77. The summed E-state index contributed by atoms with van der Waals surface area (Å²) in [5.41, 5.74) is 2.44. The van der Waals surface area contributed by atoms with Gasteiger partial charge in [-0.25, -0.2) is 0 Å². The summed E-state index contributed by atoms with van der Waals surface area (Å²) in [6.07, 6.45) is 5.24. The van der Waals surface area contributed by atoms with Crippen LogP contribution in [0.15, 0.2) is 27.4 Å². The van der Waals surface area contributed by atoms with Crippen LogP contribution in [0.5, 0.6) is 0 Å². The summed E-state index contributed by atoms with van der Waals surface area (Å²) in [4.78, 5) is 2.51. The SMILES string of the molecule is c1cc(CN(Cc2cc(CNC3CC3)no2)C2CC2)cs1. The van der Waals surface area contributed by atoms with Crippen LogP contribution in [0.25, 0.3) is 0 Å². The van der Waals surface area contributed by atoms with Crippen LogP contribution in [-0.2, 0) is 19.6 Å². The predicted octanol–water partition coefficient (Wildman–Crippen LogP) is 3.15. The van der Waals surface area contributed by atoms with Gasteiger partial charge in [0.1, 0.15) is 0 Å². The van der Waals surface area contributed by atoms with Gasteiger partial charge in [-0.2, -0.15) is 11.3 Å². The van der Waals surface area contributed by atoms with Crippen LogP contribution in [0.3, 0.4) is 0 Å². The molecule has 5 heteroatoms. The Hall–Kier alpha value is -1.17. The highest BCUT2D eigenvalue weighted by atomic mass is 32.1. The minimum atomic E-state index is 0.715. The summed E-state index contributed by atoms with van der Waals surface area (Å²) in [5, 5.41) is 12.0. The Morgan fingerprint density at radius 3 is 2.90 bits per heavy atom.